The van der Waals surface area contributed by atoms with Crippen molar-refractivity contribution in [3.8, 4) is 5.75 Å². The Kier molecular flexibility index (Phi) is 7.80. The highest BCUT2D eigenvalue weighted by molar-refractivity contribution is 5.83. The van der Waals surface area contributed by atoms with Crippen molar-refractivity contribution in [3.05, 3.63) is 42.5 Å². The smallest absolute Gasteiger partial charge is 0.335 e. The molecule has 0 saturated carbocycles. The van der Waals surface area contributed by atoms with Crippen LogP contribution < -0.4 is 4.74 Å². The number of carbonyl (C=O) groups is 2. The Balaban J connectivity index is 2.06. The van der Waals surface area contributed by atoms with E-state index in [9.17, 15) is 9.59 Å². The van der Waals surface area contributed by atoms with Crippen LogP contribution in [0, 0.1) is 0 Å². The molecule has 1 aromatic rings. The molecule has 0 aromatic heterocycles. The fourth-order valence-corrected chi connectivity index (χ4v) is 1.71. The summed E-state index contributed by atoms with van der Waals surface area (Å²) >= 11 is 0. The minimum Gasteiger partial charge on any atom is -0.481 e. The summed E-state index contributed by atoms with van der Waals surface area (Å²) in [6.45, 7) is 0. The van der Waals surface area contributed by atoms with Crippen molar-refractivity contribution in [2.45, 2.75) is 38.5 Å². The molecule has 0 aliphatic heterocycles. The maximum absolute atomic E-state index is 11.4. The number of para-hydroxylation sites is 1. The predicted molar refractivity (Wildman–Crippen MR) is 76.6 cm³/mol. The molecule has 1 aromatic carbocycles. The third kappa shape index (κ3) is 8.08. The van der Waals surface area contributed by atoms with Crippen molar-refractivity contribution < 1.29 is 19.4 Å². The topological polar surface area (TPSA) is 63.6 Å². The van der Waals surface area contributed by atoms with Crippen LogP contribution in [0.15, 0.2) is 42.5 Å². The highest BCUT2D eigenvalue weighted by atomic mass is 16.5. The second-order valence-electron chi connectivity index (χ2n) is 4.48. The van der Waals surface area contributed by atoms with Gasteiger partial charge in [-0.3, -0.25) is 4.79 Å². The highest BCUT2D eigenvalue weighted by Crippen LogP contribution is 2.09. The number of ether oxygens (including phenoxy) is 1. The lowest BCUT2D eigenvalue weighted by molar-refractivity contribution is -0.137. The molecule has 4 heteroatoms. The van der Waals surface area contributed by atoms with Gasteiger partial charge in [-0.1, -0.05) is 37.1 Å². The van der Waals surface area contributed by atoms with E-state index in [1.165, 1.54) is 6.08 Å². The SMILES string of the molecule is O=C(O)CCCCCCC=CC(=O)Oc1ccccc1. The maximum atomic E-state index is 11.4. The Morgan fingerprint density at radius 2 is 1.75 bits per heavy atom. The monoisotopic (exact) mass is 276 g/mol. The van der Waals surface area contributed by atoms with Crippen molar-refractivity contribution in [1.82, 2.24) is 0 Å². The molecular formula is C16H20O4. The number of benzene rings is 1. The maximum Gasteiger partial charge on any atom is 0.335 e. The van der Waals surface area contributed by atoms with Crippen LogP contribution >= 0.6 is 0 Å². The van der Waals surface area contributed by atoms with Crippen LogP contribution in [-0.2, 0) is 9.59 Å². The van der Waals surface area contributed by atoms with E-state index in [-0.39, 0.29) is 12.4 Å². The number of carbonyl (C=O) groups excluding carboxylic acids is 1. The molecule has 0 heterocycles. The van der Waals surface area contributed by atoms with Crippen molar-refractivity contribution >= 4 is 11.9 Å². The third-order valence-electron chi connectivity index (χ3n) is 2.73. The summed E-state index contributed by atoms with van der Waals surface area (Å²) in [6.07, 6.45) is 7.83. The van der Waals surface area contributed by atoms with E-state index in [0.717, 1.165) is 32.1 Å². The number of allylic oxidation sites excluding steroid dienone is 1. The molecule has 20 heavy (non-hydrogen) atoms. The minimum atomic E-state index is -0.742. The number of aliphatic carboxylic acids is 1. The van der Waals surface area contributed by atoms with Crippen molar-refractivity contribution in [2.24, 2.45) is 0 Å². The van der Waals surface area contributed by atoms with Crippen LogP contribution in [0.25, 0.3) is 0 Å². The molecule has 0 spiro atoms. The van der Waals surface area contributed by atoms with Gasteiger partial charge in [0.15, 0.2) is 0 Å². The molecule has 108 valence electrons. The first-order chi connectivity index (χ1) is 9.68. The molecule has 0 aliphatic carbocycles. The summed E-state index contributed by atoms with van der Waals surface area (Å²) in [5.41, 5.74) is 0. The average Bonchev–Trinajstić information content (AvgIpc) is 2.42. The van der Waals surface area contributed by atoms with Crippen LogP contribution in [0.3, 0.4) is 0 Å². The van der Waals surface area contributed by atoms with Gasteiger partial charge in [-0.05, 0) is 31.4 Å². The number of unbranched alkanes of at least 4 members (excludes halogenated alkanes) is 4. The standard InChI is InChI=1S/C16H20O4/c17-15(18)12-8-3-1-2-4-9-13-16(19)20-14-10-6-5-7-11-14/h5-7,9-11,13H,1-4,8,12H2,(H,17,18). The first-order valence-corrected chi connectivity index (χ1v) is 6.83. The normalized spacial score (nSPS) is 10.6. The van der Waals surface area contributed by atoms with Crippen LogP contribution in [0.2, 0.25) is 0 Å². The molecule has 0 saturated heterocycles. The van der Waals surface area contributed by atoms with Crippen LogP contribution in [0.1, 0.15) is 38.5 Å². The number of carboxylic acid groups (broad SMARTS) is 1. The quantitative estimate of drug-likeness (QED) is 0.324. The van der Waals surface area contributed by atoms with Crippen LogP contribution in [0.4, 0.5) is 0 Å². The molecule has 4 nitrogen and oxygen atoms in total. The summed E-state index contributed by atoms with van der Waals surface area (Å²) in [5.74, 6) is -0.577. The van der Waals surface area contributed by atoms with Crippen molar-refractivity contribution in [3.63, 3.8) is 0 Å². The van der Waals surface area contributed by atoms with Crippen LogP contribution in [0.5, 0.6) is 5.75 Å². The number of rotatable bonds is 9. The van der Waals surface area contributed by atoms with Gasteiger partial charge >= 0.3 is 11.9 Å². The van der Waals surface area contributed by atoms with Gasteiger partial charge < -0.3 is 9.84 Å². The second kappa shape index (κ2) is 9.78. The van der Waals surface area contributed by atoms with E-state index in [2.05, 4.69) is 0 Å². The third-order valence-corrected chi connectivity index (χ3v) is 2.73. The van der Waals surface area contributed by atoms with Gasteiger partial charge in [0.25, 0.3) is 0 Å². The molecule has 0 unspecified atom stereocenters. The minimum absolute atomic E-state index is 0.235. The van der Waals surface area contributed by atoms with Crippen LogP contribution in [-0.4, -0.2) is 17.0 Å². The molecule has 1 rings (SSSR count). The molecule has 0 atom stereocenters. The lowest BCUT2D eigenvalue weighted by Gasteiger charge is -2.00. The molecule has 0 amide bonds. The largest absolute Gasteiger partial charge is 0.481 e. The predicted octanol–water partition coefficient (Wildman–Crippen LogP) is 3.57. The van der Waals surface area contributed by atoms with E-state index in [0.29, 0.717) is 5.75 Å². The first kappa shape index (κ1) is 16.0. The van der Waals surface area contributed by atoms with Crippen molar-refractivity contribution in [2.75, 3.05) is 0 Å². The second-order valence-corrected chi connectivity index (χ2v) is 4.48. The lowest BCUT2D eigenvalue weighted by Crippen LogP contribution is -2.03. The van der Waals surface area contributed by atoms with E-state index < -0.39 is 5.97 Å². The van der Waals surface area contributed by atoms with Gasteiger partial charge in [0, 0.05) is 12.5 Å². The average molecular weight is 276 g/mol. The van der Waals surface area contributed by atoms with E-state index in [4.69, 9.17) is 9.84 Å². The summed E-state index contributed by atoms with van der Waals surface area (Å²) in [5, 5.41) is 8.47. The number of hydrogen-bond donors (Lipinski definition) is 1. The molecule has 0 aliphatic rings. The van der Waals surface area contributed by atoms with E-state index >= 15 is 0 Å². The first-order valence-electron chi connectivity index (χ1n) is 6.83. The van der Waals surface area contributed by atoms with Gasteiger partial charge in [-0.25, -0.2) is 4.79 Å². The zero-order valence-electron chi connectivity index (χ0n) is 11.5. The summed E-state index contributed by atoms with van der Waals surface area (Å²) in [4.78, 5) is 21.7. The highest BCUT2D eigenvalue weighted by Gasteiger charge is 1.98. The molecule has 0 bridgehead atoms. The summed E-state index contributed by atoms with van der Waals surface area (Å²) in [6, 6.07) is 8.94. The van der Waals surface area contributed by atoms with Gasteiger partial charge in [-0.15, -0.1) is 0 Å². The summed E-state index contributed by atoms with van der Waals surface area (Å²) < 4.78 is 5.09. The summed E-state index contributed by atoms with van der Waals surface area (Å²) in [7, 11) is 0. The Hall–Kier alpha value is -2.10. The van der Waals surface area contributed by atoms with Gasteiger partial charge in [0.05, 0.1) is 0 Å². The molecular weight excluding hydrogens is 256 g/mol. The number of esters is 1. The Morgan fingerprint density at radius 1 is 1.05 bits per heavy atom. The van der Waals surface area contributed by atoms with E-state index in [1.54, 1.807) is 18.2 Å². The number of carboxylic acids is 1. The van der Waals surface area contributed by atoms with Crippen molar-refractivity contribution in [1.29, 1.82) is 0 Å². The Morgan fingerprint density at radius 3 is 2.45 bits per heavy atom. The number of hydrogen-bond acceptors (Lipinski definition) is 3. The fourth-order valence-electron chi connectivity index (χ4n) is 1.71. The molecule has 0 fully saturated rings. The molecule has 0 radical (unpaired) electrons. The van der Waals surface area contributed by atoms with Gasteiger partial charge in [0.2, 0.25) is 0 Å². The van der Waals surface area contributed by atoms with E-state index in [1.807, 2.05) is 18.2 Å². The lowest BCUT2D eigenvalue weighted by atomic mass is 10.1. The fraction of sp³-hybridized carbons (Fsp3) is 0.375. The zero-order chi connectivity index (χ0) is 14.6. The zero-order valence-corrected chi connectivity index (χ0v) is 11.5. The van der Waals surface area contributed by atoms with Gasteiger partial charge in [0.1, 0.15) is 5.75 Å². The Labute approximate surface area is 119 Å². The molecule has 1 N–H and O–H groups in total. The Bertz CT molecular complexity index is 437. The van der Waals surface area contributed by atoms with Gasteiger partial charge in [-0.2, -0.15) is 0 Å².